The number of nitrogens with zero attached hydrogens (tertiary/aromatic N) is 1. The first-order chi connectivity index (χ1) is 14.4. The summed E-state index contributed by atoms with van der Waals surface area (Å²) in [5.41, 5.74) is 0.456. The van der Waals surface area contributed by atoms with Gasteiger partial charge in [-0.05, 0) is 36.4 Å². The van der Waals surface area contributed by atoms with E-state index in [4.69, 9.17) is 18.9 Å². The highest BCUT2D eigenvalue weighted by molar-refractivity contribution is 7.89. The highest BCUT2D eigenvalue weighted by Gasteiger charge is 2.26. The van der Waals surface area contributed by atoms with E-state index >= 15 is 0 Å². The van der Waals surface area contributed by atoms with Gasteiger partial charge >= 0.3 is 0 Å². The summed E-state index contributed by atoms with van der Waals surface area (Å²) in [6, 6.07) is 11.0. The minimum atomic E-state index is -3.57. The first-order valence-electron chi connectivity index (χ1n) is 9.26. The Morgan fingerprint density at radius 2 is 1.70 bits per heavy atom. The van der Waals surface area contributed by atoms with Crippen LogP contribution in [0.25, 0.3) is 0 Å². The van der Waals surface area contributed by atoms with Crippen LogP contribution in [0.2, 0.25) is 0 Å². The first kappa shape index (κ1) is 21.9. The number of methoxy groups -OCH3 is 2. The van der Waals surface area contributed by atoms with E-state index in [9.17, 15) is 13.2 Å². The Labute approximate surface area is 175 Å². The highest BCUT2D eigenvalue weighted by Crippen LogP contribution is 2.29. The summed E-state index contributed by atoms with van der Waals surface area (Å²) in [6.07, 6.45) is 0. The molecule has 0 saturated carbocycles. The SMILES string of the molecule is COc1ccc(OC)c(NC(=O)COc2ccc(S(=O)(=O)N3CCOCC3)cc2)c1. The average Bonchev–Trinajstić information content (AvgIpc) is 2.78. The van der Waals surface area contributed by atoms with E-state index in [1.165, 1.54) is 42.8 Å². The summed E-state index contributed by atoms with van der Waals surface area (Å²) in [7, 11) is -0.545. The Balaban J connectivity index is 1.59. The van der Waals surface area contributed by atoms with Gasteiger partial charge in [-0.3, -0.25) is 4.79 Å². The van der Waals surface area contributed by atoms with Crippen LogP contribution in [0.4, 0.5) is 5.69 Å². The zero-order chi connectivity index (χ0) is 21.6. The molecule has 2 aromatic rings. The van der Waals surface area contributed by atoms with Crippen molar-refractivity contribution in [3.8, 4) is 17.2 Å². The molecule has 0 bridgehead atoms. The number of amides is 1. The maximum atomic E-state index is 12.6. The van der Waals surface area contributed by atoms with Gasteiger partial charge in [0.05, 0.1) is 38.0 Å². The Hall–Kier alpha value is -2.82. The van der Waals surface area contributed by atoms with Gasteiger partial charge in [-0.15, -0.1) is 0 Å². The lowest BCUT2D eigenvalue weighted by atomic mass is 10.2. The predicted octanol–water partition coefficient (Wildman–Crippen LogP) is 1.74. The Bertz CT molecular complexity index is 971. The molecule has 2 aromatic carbocycles. The van der Waals surface area contributed by atoms with E-state index in [1.807, 2.05) is 0 Å². The van der Waals surface area contributed by atoms with Crippen LogP contribution in [-0.4, -0.2) is 65.8 Å². The van der Waals surface area contributed by atoms with E-state index in [-0.39, 0.29) is 11.5 Å². The molecule has 1 aliphatic heterocycles. The fraction of sp³-hybridized carbons (Fsp3) is 0.350. The molecule has 0 radical (unpaired) electrons. The number of anilines is 1. The Morgan fingerprint density at radius 3 is 2.33 bits per heavy atom. The van der Waals surface area contributed by atoms with Crippen LogP contribution >= 0.6 is 0 Å². The molecule has 30 heavy (non-hydrogen) atoms. The van der Waals surface area contributed by atoms with Crippen molar-refractivity contribution in [3.63, 3.8) is 0 Å². The normalized spacial score (nSPS) is 14.7. The maximum absolute atomic E-state index is 12.6. The smallest absolute Gasteiger partial charge is 0.262 e. The summed E-state index contributed by atoms with van der Waals surface area (Å²) in [6.45, 7) is 1.17. The van der Waals surface area contributed by atoms with Crippen LogP contribution in [0.15, 0.2) is 47.4 Å². The van der Waals surface area contributed by atoms with E-state index in [0.717, 1.165) is 0 Å². The minimum Gasteiger partial charge on any atom is -0.497 e. The van der Waals surface area contributed by atoms with Gasteiger partial charge in [0.15, 0.2) is 6.61 Å². The standard InChI is InChI=1S/C20H24N2O7S/c1-26-16-5-8-19(27-2)18(13-16)21-20(23)14-29-15-3-6-17(7-4-15)30(24,25)22-9-11-28-12-10-22/h3-8,13H,9-12,14H2,1-2H3,(H,21,23). The third-order valence-electron chi connectivity index (χ3n) is 4.48. The van der Waals surface area contributed by atoms with Crippen LogP contribution in [0.3, 0.4) is 0 Å². The molecule has 1 heterocycles. The summed E-state index contributed by atoms with van der Waals surface area (Å²) < 4.78 is 47.7. The second-order valence-corrected chi connectivity index (χ2v) is 8.33. The molecule has 1 saturated heterocycles. The monoisotopic (exact) mass is 436 g/mol. The molecule has 1 N–H and O–H groups in total. The summed E-state index contributed by atoms with van der Waals surface area (Å²) in [5, 5.41) is 2.70. The second-order valence-electron chi connectivity index (χ2n) is 6.39. The molecule has 9 nitrogen and oxygen atoms in total. The number of morpholine rings is 1. The third-order valence-corrected chi connectivity index (χ3v) is 6.40. The van der Waals surface area contributed by atoms with Gasteiger partial charge in [0.2, 0.25) is 10.0 Å². The predicted molar refractivity (Wildman–Crippen MR) is 110 cm³/mol. The van der Waals surface area contributed by atoms with E-state index in [0.29, 0.717) is 49.2 Å². The van der Waals surface area contributed by atoms with Gasteiger partial charge in [-0.25, -0.2) is 8.42 Å². The topological polar surface area (TPSA) is 103 Å². The van der Waals surface area contributed by atoms with Crippen molar-refractivity contribution >= 4 is 21.6 Å². The van der Waals surface area contributed by atoms with Crippen LogP contribution in [0, 0.1) is 0 Å². The first-order valence-corrected chi connectivity index (χ1v) is 10.7. The van der Waals surface area contributed by atoms with Crippen LogP contribution in [0.5, 0.6) is 17.2 Å². The lowest BCUT2D eigenvalue weighted by molar-refractivity contribution is -0.118. The molecule has 162 valence electrons. The molecule has 3 rings (SSSR count). The summed E-state index contributed by atoms with van der Waals surface area (Å²) >= 11 is 0. The number of hydrogen-bond acceptors (Lipinski definition) is 7. The summed E-state index contributed by atoms with van der Waals surface area (Å²) in [5.74, 6) is 1.04. The Morgan fingerprint density at radius 1 is 1.03 bits per heavy atom. The van der Waals surface area contributed by atoms with Gasteiger partial charge in [0.25, 0.3) is 5.91 Å². The quantitative estimate of drug-likeness (QED) is 0.672. The molecule has 0 atom stereocenters. The fourth-order valence-corrected chi connectivity index (χ4v) is 4.30. The zero-order valence-corrected chi connectivity index (χ0v) is 17.6. The number of ether oxygens (including phenoxy) is 4. The molecule has 0 unspecified atom stereocenters. The van der Waals surface area contributed by atoms with E-state index in [1.54, 1.807) is 18.2 Å². The number of sulfonamides is 1. The summed E-state index contributed by atoms with van der Waals surface area (Å²) in [4.78, 5) is 12.4. The molecule has 0 spiro atoms. The van der Waals surface area contributed by atoms with Crippen molar-refractivity contribution in [1.82, 2.24) is 4.31 Å². The number of carbonyl (C=O) groups excluding carboxylic acids is 1. The third kappa shape index (κ3) is 5.21. The molecule has 1 fully saturated rings. The van der Waals surface area contributed by atoms with Crippen molar-refractivity contribution in [1.29, 1.82) is 0 Å². The van der Waals surface area contributed by atoms with Crippen LogP contribution in [-0.2, 0) is 19.6 Å². The van der Waals surface area contributed by atoms with E-state index < -0.39 is 15.9 Å². The lowest BCUT2D eigenvalue weighted by Gasteiger charge is -2.26. The molecular weight excluding hydrogens is 412 g/mol. The average molecular weight is 436 g/mol. The molecule has 0 aliphatic carbocycles. The van der Waals surface area contributed by atoms with Crippen LogP contribution in [0.1, 0.15) is 0 Å². The lowest BCUT2D eigenvalue weighted by Crippen LogP contribution is -2.40. The number of hydrogen-bond donors (Lipinski definition) is 1. The highest BCUT2D eigenvalue weighted by atomic mass is 32.2. The minimum absolute atomic E-state index is 0.169. The largest absolute Gasteiger partial charge is 0.497 e. The molecule has 1 aliphatic rings. The number of carbonyl (C=O) groups is 1. The zero-order valence-electron chi connectivity index (χ0n) is 16.8. The van der Waals surface area contributed by atoms with Crippen molar-refractivity contribution < 1.29 is 32.2 Å². The van der Waals surface area contributed by atoms with Crippen molar-refractivity contribution in [2.45, 2.75) is 4.90 Å². The van der Waals surface area contributed by atoms with Crippen molar-refractivity contribution in [2.75, 3.05) is 52.4 Å². The number of nitrogens with one attached hydrogen (secondary N) is 1. The van der Waals surface area contributed by atoms with Crippen molar-refractivity contribution in [2.24, 2.45) is 0 Å². The number of rotatable bonds is 8. The van der Waals surface area contributed by atoms with Crippen LogP contribution < -0.4 is 19.5 Å². The second kappa shape index (κ2) is 9.79. The van der Waals surface area contributed by atoms with Gasteiger partial charge in [0, 0.05) is 19.2 Å². The van der Waals surface area contributed by atoms with Gasteiger partial charge < -0.3 is 24.3 Å². The Kier molecular flexibility index (Phi) is 7.14. The van der Waals surface area contributed by atoms with Crippen molar-refractivity contribution in [3.05, 3.63) is 42.5 Å². The van der Waals surface area contributed by atoms with E-state index in [2.05, 4.69) is 5.32 Å². The van der Waals surface area contributed by atoms with Gasteiger partial charge in [-0.2, -0.15) is 4.31 Å². The molecular formula is C20H24N2O7S. The molecule has 0 aromatic heterocycles. The molecule has 10 heteroatoms. The molecule has 1 amide bonds. The number of benzene rings is 2. The van der Waals surface area contributed by atoms with Gasteiger partial charge in [0.1, 0.15) is 17.2 Å². The fourth-order valence-electron chi connectivity index (χ4n) is 2.89. The van der Waals surface area contributed by atoms with Gasteiger partial charge in [-0.1, -0.05) is 0 Å². The maximum Gasteiger partial charge on any atom is 0.262 e.